The average Bonchev–Trinajstić information content (AvgIpc) is 3.30. The number of carbonyl (C=O) groups is 2. The summed E-state index contributed by atoms with van der Waals surface area (Å²) in [5.74, 6) is -0.563. The topological polar surface area (TPSA) is 85.7 Å². The molecule has 3 aromatic carbocycles. The van der Waals surface area contributed by atoms with E-state index < -0.39 is 5.97 Å². The normalized spacial score (nSPS) is 11.4. The van der Waals surface area contributed by atoms with Crippen LogP contribution in [0.25, 0.3) is 21.9 Å². The van der Waals surface area contributed by atoms with E-state index in [4.69, 9.17) is 14.5 Å². The molecule has 1 N–H and O–H groups in total. The lowest BCUT2D eigenvalue weighted by molar-refractivity contribution is -0.136. The number of carboxylic acid groups (broad SMARTS) is 1. The zero-order valence-corrected chi connectivity index (χ0v) is 19.4. The minimum atomic E-state index is -0.855. The van der Waals surface area contributed by atoms with Gasteiger partial charge in [0.1, 0.15) is 17.4 Å². The molecule has 0 spiro atoms. The number of carboxylic acids is 1. The van der Waals surface area contributed by atoms with Crippen LogP contribution >= 0.6 is 11.3 Å². The summed E-state index contributed by atoms with van der Waals surface area (Å²) in [6.45, 7) is 0.317. The van der Waals surface area contributed by atoms with Crippen molar-refractivity contribution in [2.45, 2.75) is 19.4 Å². The quantitative estimate of drug-likeness (QED) is 0.297. The highest BCUT2D eigenvalue weighted by Crippen LogP contribution is 2.33. The summed E-state index contributed by atoms with van der Waals surface area (Å²) in [7, 11) is 1.35. The Bertz CT molecular complexity index is 1310. The Morgan fingerprint density at radius 3 is 2.44 bits per heavy atom. The second-order valence-corrected chi connectivity index (χ2v) is 8.60. The van der Waals surface area contributed by atoms with Crippen LogP contribution in [0, 0.1) is 0 Å². The molecule has 7 heteroatoms. The first kappa shape index (κ1) is 23.2. The number of hydrogen-bond acceptors (Lipinski definition) is 6. The van der Waals surface area contributed by atoms with E-state index in [2.05, 4.69) is 0 Å². The van der Waals surface area contributed by atoms with Crippen LogP contribution in [0.15, 0.2) is 72.8 Å². The van der Waals surface area contributed by atoms with Gasteiger partial charge in [0.2, 0.25) is 0 Å². The lowest BCUT2D eigenvalue weighted by Crippen LogP contribution is -2.02. The highest BCUT2D eigenvalue weighted by Gasteiger charge is 2.13. The summed E-state index contributed by atoms with van der Waals surface area (Å²) >= 11 is 1.55. The van der Waals surface area contributed by atoms with Crippen LogP contribution in [-0.2, 0) is 16.1 Å². The molecule has 0 saturated heterocycles. The smallest absolute Gasteiger partial charge is 0.337 e. The number of nitrogens with zero attached hydrogens (tertiary/aromatic N) is 1. The number of rotatable bonds is 9. The zero-order valence-electron chi connectivity index (χ0n) is 18.6. The fourth-order valence-corrected chi connectivity index (χ4v) is 4.44. The summed E-state index contributed by atoms with van der Waals surface area (Å²) in [5, 5.41) is 10.1. The summed E-state index contributed by atoms with van der Waals surface area (Å²) < 4.78 is 11.9. The van der Waals surface area contributed by atoms with E-state index in [1.54, 1.807) is 23.5 Å². The minimum absolute atomic E-state index is 0.0112. The van der Waals surface area contributed by atoms with Crippen molar-refractivity contribution in [1.29, 1.82) is 0 Å². The molecule has 0 atom stereocenters. The standard InChI is InChI=1S/C27H23NO5S/c1-32-27(31)19-12-10-18(11-13-19)17-33-23-8-4-2-6-20(23)16-21(14-15-25(29)30)26-28-22-7-3-5-9-24(22)34-26/h2-13,16H,14-15,17H2,1H3,(H,29,30). The van der Waals surface area contributed by atoms with Gasteiger partial charge in [0, 0.05) is 12.0 Å². The summed E-state index contributed by atoms with van der Waals surface area (Å²) in [6.07, 6.45) is 2.33. The number of para-hydroxylation sites is 2. The number of fused-ring (bicyclic) bond motifs is 1. The molecule has 0 aliphatic rings. The zero-order chi connectivity index (χ0) is 23.9. The molecule has 1 aromatic heterocycles. The summed E-state index contributed by atoms with van der Waals surface area (Å²) in [6, 6.07) is 22.5. The number of aliphatic carboxylic acids is 1. The lowest BCUT2D eigenvalue weighted by Gasteiger charge is -2.11. The fraction of sp³-hybridized carbons (Fsp3) is 0.148. The molecule has 172 valence electrons. The monoisotopic (exact) mass is 473 g/mol. The van der Waals surface area contributed by atoms with Crippen molar-refractivity contribution in [1.82, 2.24) is 4.98 Å². The van der Waals surface area contributed by atoms with Crippen molar-refractivity contribution >= 4 is 45.1 Å². The van der Waals surface area contributed by atoms with Crippen molar-refractivity contribution in [3.8, 4) is 5.75 Å². The molecule has 0 saturated carbocycles. The largest absolute Gasteiger partial charge is 0.488 e. The second kappa shape index (κ2) is 10.8. The first-order valence-electron chi connectivity index (χ1n) is 10.7. The predicted octanol–water partition coefficient (Wildman–Crippen LogP) is 6.07. The number of thiazole rings is 1. The second-order valence-electron chi connectivity index (χ2n) is 7.57. The SMILES string of the molecule is COC(=O)c1ccc(COc2ccccc2C=C(CCC(=O)O)c2nc3ccccc3s2)cc1. The van der Waals surface area contributed by atoms with Crippen LogP contribution in [0.4, 0.5) is 0 Å². The van der Waals surface area contributed by atoms with Crippen LogP contribution in [-0.4, -0.2) is 29.1 Å². The van der Waals surface area contributed by atoms with E-state index in [9.17, 15) is 14.7 Å². The molecule has 0 fully saturated rings. The predicted molar refractivity (Wildman–Crippen MR) is 133 cm³/mol. The Morgan fingerprint density at radius 1 is 0.971 bits per heavy atom. The van der Waals surface area contributed by atoms with Crippen LogP contribution in [0.5, 0.6) is 5.75 Å². The maximum absolute atomic E-state index is 11.6. The molecule has 0 amide bonds. The van der Waals surface area contributed by atoms with Crippen LogP contribution in [0.1, 0.15) is 39.3 Å². The van der Waals surface area contributed by atoms with E-state index in [1.165, 1.54) is 7.11 Å². The van der Waals surface area contributed by atoms with E-state index in [1.807, 2.05) is 66.7 Å². The van der Waals surface area contributed by atoms with Crippen molar-refractivity contribution in [2.24, 2.45) is 0 Å². The highest BCUT2D eigenvalue weighted by molar-refractivity contribution is 7.19. The fourth-order valence-electron chi connectivity index (χ4n) is 3.43. The van der Waals surface area contributed by atoms with E-state index in [0.29, 0.717) is 24.3 Å². The number of esters is 1. The van der Waals surface area contributed by atoms with Crippen LogP contribution < -0.4 is 4.74 Å². The van der Waals surface area contributed by atoms with Gasteiger partial charge >= 0.3 is 11.9 Å². The number of allylic oxidation sites excluding steroid dienone is 1. The van der Waals surface area contributed by atoms with Crippen molar-refractivity contribution in [3.63, 3.8) is 0 Å². The van der Waals surface area contributed by atoms with Gasteiger partial charge in [0.05, 0.1) is 22.9 Å². The Balaban J connectivity index is 1.59. The number of ether oxygens (including phenoxy) is 2. The number of methoxy groups -OCH3 is 1. The molecule has 0 bridgehead atoms. The van der Waals surface area contributed by atoms with Gasteiger partial charge in [0.15, 0.2) is 0 Å². The number of hydrogen-bond donors (Lipinski definition) is 1. The average molecular weight is 474 g/mol. The molecular formula is C27H23NO5S. The molecular weight excluding hydrogens is 450 g/mol. The van der Waals surface area contributed by atoms with Gasteiger partial charge in [0.25, 0.3) is 0 Å². The van der Waals surface area contributed by atoms with Crippen LogP contribution in [0.2, 0.25) is 0 Å². The van der Waals surface area contributed by atoms with E-state index in [0.717, 1.165) is 31.9 Å². The third-order valence-corrected chi connectivity index (χ3v) is 6.31. The third-order valence-electron chi connectivity index (χ3n) is 5.19. The first-order valence-corrected chi connectivity index (χ1v) is 11.5. The van der Waals surface area contributed by atoms with Gasteiger partial charge in [-0.25, -0.2) is 9.78 Å². The lowest BCUT2D eigenvalue weighted by atomic mass is 10.1. The summed E-state index contributed by atoms with van der Waals surface area (Å²) in [4.78, 5) is 27.6. The molecule has 0 radical (unpaired) electrons. The van der Waals surface area contributed by atoms with E-state index >= 15 is 0 Å². The van der Waals surface area contributed by atoms with Gasteiger partial charge in [-0.05, 0) is 54.0 Å². The Kier molecular flexibility index (Phi) is 7.34. The number of aromatic nitrogens is 1. The maximum Gasteiger partial charge on any atom is 0.337 e. The molecule has 0 aliphatic heterocycles. The van der Waals surface area contributed by atoms with Gasteiger partial charge in [-0.2, -0.15) is 0 Å². The molecule has 6 nitrogen and oxygen atoms in total. The third kappa shape index (κ3) is 5.68. The van der Waals surface area contributed by atoms with Gasteiger partial charge in [-0.1, -0.05) is 42.5 Å². The Hall–Kier alpha value is -3.97. The molecule has 34 heavy (non-hydrogen) atoms. The van der Waals surface area contributed by atoms with Crippen molar-refractivity contribution in [3.05, 3.63) is 94.5 Å². The number of carbonyl (C=O) groups excluding carboxylic acids is 1. The van der Waals surface area contributed by atoms with Gasteiger partial charge < -0.3 is 14.6 Å². The van der Waals surface area contributed by atoms with Crippen LogP contribution in [0.3, 0.4) is 0 Å². The molecule has 1 heterocycles. The summed E-state index contributed by atoms with van der Waals surface area (Å²) in [5.41, 5.74) is 3.97. The van der Waals surface area contributed by atoms with Crippen molar-refractivity contribution < 1.29 is 24.2 Å². The molecule has 0 aliphatic carbocycles. The molecule has 0 unspecified atom stereocenters. The number of benzene rings is 3. The minimum Gasteiger partial charge on any atom is -0.488 e. The molecule has 4 rings (SSSR count). The first-order chi connectivity index (χ1) is 16.5. The maximum atomic E-state index is 11.6. The Labute approximate surface area is 201 Å². The van der Waals surface area contributed by atoms with Crippen molar-refractivity contribution in [2.75, 3.05) is 7.11 Å². The van der Waals surface area contributed by atoms with E-state index in [-0.39, 0.29) is 12.4 Å². The van der Waals surface area contributed by atoms with Gasteiger partial charge in [-0.15, -0.1) is 11.3 Å². The van der Waals surface area contributed by atoms with Gasteiger partial charge in [-0.3, -0.25) is 4.79 Å². The highest BCUT2D eigenvalue weighted by atomic mass is 32.1. The Morgan fingerprint density at radius 2 is 1.71 bits per heavy atom. The molecule has 4 aromatic rings.